The number of nitrogens with zero attached hydrogens (tertiary/aromatic N) is 1. The number of anilines is 2. The average Bonchev–Trinajstić information content (AvgIpc) is 2.61. The number of halogens is 1. The number of nitrogens with one attached hydrogen (secondary N) is 2. The van der Waals surface area contributed by atoms with Gasteiger partial charge in [-0.15, -0.1) is 0 Å². The van der Waals surface area contributed by atoms with Crippen LogP contribution in [0.5, 0.6) is 0 Å². The number of hydrogen-bond donors (Lipinski definition) is 3. The third-order valence-corrected chi connectivity index (χ3v) is 4.73. The molecule has 132 valence electrons. The molecule has 1 aliphatic carbocycles. The molecule has 1 aromatic carbocycles. The van der Waals surface area contributed by atoms with Crippen LogP contribution in [0.3, 0.4) is 0 Å². The zero-order valence-electron chi connectivity index (χ0n) is 14.0. The molecule has 0 radical (unpaired) electrons. The van der Waals surface area contributed by atoms with E-state index in [2.05, 4.69) is 15.6 Å². The Morgan fingerprint density at radius 2 is 2.00 bits per heavy atom. The van der Waals surface area contributed by atoms with Crippen LogP contribution < -0.4 is 10.6 Å². The van der Waals surface area contributed by atoms with Gasteiger partial charge in [-0.1, -0.05) is 36.9 Å². The number of carbonyl (C=O) groups excluding carboxylic acids is 1. The fourth-order valence-corrected chi connectivity index (χ4v) is 3.23. The van der Waals surface area contributed by atoms with Gasteiger partial charge in [0, 0.05) is 23.5 Å². The summed E-state index contributed by atoms with van der Waals surface area (Å²) in [7, 11) is 0. The molecule has 2 aromatic rings. The van der Waals surface area contributed by atoms with E-state index in [0.29, 0.717) is 28.6 Å². The molecular formula is C19H22ClN3O2. The summed E-state index contributed by atoms with van der Waals surface area (Å²) in [6.07, 6.45) is 6.48. The minimum absolute atomic E-state index is 0.243. The summed E-state index contributed by atoms with van der Waals surface area (Å²) in [5.74, 6) is 0.408. The van der Waals surface area contributed by atoms with Crippen molar-refractivity contribution in [2.24, 2.45) is 0 Å². The third kappa shape index (κ3) is 4.94. The molecule has 1 aliphatic rings. The maximum absolute atomic E-state index is 12.2. The Morgan fingerprint density at radius 1 is 1.20 bits per heavy atom. The van der Waals surface area contributed by atoms with Crippen molar-refractivity contribution in [3.63, 3.8) is 0 Å². The number of amides is 1. The lowest BCUT2D eigenvalue weighted by Gasteiger charge is -2.32. The van der Waals surface area contributed by atoms with Crippen molar-refractivity contribution in [3.05, 3.63) is 53.2 Å². The van der Waals surface area contributed by atoms with Crippen molar-refractivity contribution < 1.29 is 9.90 Å². The predicted molar refractivity (Wildman–Crippen MR) is 100 cm³/mol. The number of carbonyl (C=O) groups is 1. The molecule has 1 aromatic heterocycles. The van der Waals surface area contributed by atoms with Crippen LogP contribution in [-0.2, 0) is 0 Å². The van der Waals surface area contributed by atoms with Gasteiger partial charge in [-0.25, -0.2) is 4.98 Å². The summed E-state index contributed by atoms with van der Waals surface area (Å²) in [4.78, 5) is 16.5. The molecule has 1 fully saturated rings. The van der Waals surface area contributed by atoms with E-state index in [1.807, 2.05) is 0 Å². The molecule has 6 heteroatoms. The normalized spacial score (nSPS) is 16.2. The number of rotatable bonds is 5. The van der Waals surface area contributed by atoms with E-state index in [0.717, 1.165) is 25.7 Å². The highest BCUT2D eigenvalue weighted by Crippen LogP contribution is 2.28. The Balaban J connectivity index is 1.57. The predicted octanol–water partition coefficient (Wildman–Crippen LogP) is 4.09. The van der Waals surface area contributed by atoms with E-state index < -0.39 is 5.60 Å². The summed E-state index contributed by atoms with van der Waals surface area (Å²) < 4.78 is 0. The topological polar surface area (TPSA) is 74.2 Å². The highest BCUT2D eigenvalue weighted by atomic mass is 35.5. The van der Waals surface area contributed by atoms with E-state index in [1.165, 1.54) is 12.6 Å². The van der Waals surface area contributed by atoms with Crippen LogP contribution in [0.25, 0.3) is 0 Å². The lowest BCUT2D eigenvalue weighted by Crippen LogP contribution is -2.38. The van der Waals surface area contributed by atoms with E-state index in [4.69, 9.17) is 11.6 Å². The van der Waals surface area contributed by atoms with Gasteiger partial charge in [0.15, 0.2) is 0 Å². The maximum atomic E-state index is 12.2. The van der Waals surface area contributed by atoms with Crippen LogP contribution in [-0.4, -0.2) is 28.1 Å². The van der Waals surface area contributed by atoms with Crippen molar-refractivity contribution in [1.29, 1.82) is 0 Å². The number of aromatic nitrogens is 1. The molecule has 1 saturated carbocycles. The Hall–Kier alpha value is -2.11. The molecule has 1 amide bonds. The van der Waals surface area contributed by atoms with Gasteiger partial charge in [-0.2, -0.15) is 0 Å². The van der Waals surface area contributed by atoms with Crippen molar-refractivity contribution in [2.45, 2.75) is 37.7 Å². The molecule has 0 aliphatic heterocycles. The Morgan fingerprint density at radius 3 is 2.68 bits per heavy atom. The number of hydrogen-bond acceptors (Lipinski definition) is 4. The van der Waals surface area contributed by atoms with Crippen LogP contribution in [0.2, 0.25) is 5.02 Å². The van der Waals surface area contributed by atoms with E-state index >= 15 is 0 Å². The van der Waals surface area contributed by atoms with E-state index in [9.17, 15) is 9.90 Å². The Bertz CT molecular complexity index is 728. The minimum Gasteiger partial charge on any atom is -0.388 e. The molecule has 0 saturated heterocycles. The van der Waals surface area contributed by atoms with E-state index in [-0.39, 0.29) is 5.91 Å². The van der Waals surface area contributed by atoms with Crippen LogP contribution in [0.15, 0.2) is 42.6 Å². The van der Waals surface area contributed by atoms with Crippen molar-refractivity contribution >= 4 is 29.0 Å². The fourth-order valence-electron chi connectivity index (χ4n) is 3.04. The van der Waals surface area contributed by atoms with Crippen LogP contribution in [0, 0.1) is 0 Å². The minimum atomic E-state index is -0.650. The second-order valence-corrected chi connectivity index (χ2v) is 6.97. The Labute approximate surface area is 152 Å². The summed E-state index contributed by atoms with van der Waals surface area (Å²) in [6.45, 7) is 0.480. The quantitative estimate of drug-likeness (QED) is 0.751. The van der Waals surface area contributed by atoms with Crippen molar-refractivity contribution in [2.75, 3.05) is 17.2 Å². The molecule has 3 N–H and O–H groups in total. The molecule has 0 spiro atoms. The molecule has 0 atom stereocenters. The molecule has 1 heterocycles. The van der Waals surface area contributed by atoms with Crippen LogP contribution >= 0.6 is 11.6 Å². The number of benzene rings is 1. The summed E-state index contributed by atoms with van der Waals surface area (Å²) in [6, 6.07) is 10.4. The van der Waals surface area contributed by atoms with Gasteiger partial charge in [0.05, 0.1) is 11.2 Å². The first-order valence-corrected chi connectivity index (χ1v) is 8.91. The van der Waals surface area contributed by atoms with Crippen LogP contribution in [0.1, 0.15) is 42.5 Å². The standard InChI is InChI=1S/C19H22ClN3O2/c20-15-5-4-6-16(11-15)23-18(24)14-7-8-17(21-12-14)22-13-19(25)9-2-1-3-10-19/h4-8,11-12,25H,1-3,9-10,13H2,(H,21,22)(H,23,24). The van der Waals surface area contributed by atoms with Crippen molar-refractivity contribution in [1.82, 2.24) is 4.98 Å². The number of aliphatic hydroxyl groups is 1. The van der Waals surface area contributed by atoms with Crippen molar-refractivity contribution in [3.8, 4) is 0 Å². The molecule has 3 rings (SSSR count). The second-order valence-electron chi connectivity index (χ2n) is 6.54. The van der Waals surface area contributed by atoms with Gasteiger partial charge in [0.2, 0.25) is 0 Å². The molecule has 5 nitrogen and oxygen atoms in total. The van der Waals surface area contributed by atoms with Gasteiger partial charge in [-0.3, -0.25) is 4.79 Å². The van der Waals surface area contributed by atoms with Gasteiger partial charge in [0.25, 0.3) is 5.91 Å². The maximum Gasteiger partial charge on any atom is 0.257 e. The van der Waals surface area contributed by atoms with Gasteiger partial charge in [0.1, 0.15) is 5.82 Å². The molecular weight excluding hydrogens is 338 g/mol. The number of pyridine rings is 1. The highest BCUT2D eigenvalue weighted by molar-refractivity contribution is 6.30. The lowest BCUT2D eigenvalue weighted by molar-refractivity contribution is 0.0166. The van der Waals surface area contributed by atoms with Gasteiger partial charge in [-0.05, 0) is 43.2 Å². The van der Waals surface area contributed by atoms with Gasteiger partial charge < -0.3 is 15.7 Å². The third-order valence-electron chi connectivity index (χ3n) is 4.49. The average molecular weight is 360 g/mol. The SMILES string of the molecule is O=C(Nc1cccc(Cl)c1)c1ccc(NCC2(O)CCCCC2)nc1. The largest absolute Gasteiger partial charge is 0.388 e. The zero-order chi connectivity index (χ0) is 17.7. The van der Waals surface area contributed by atoms with Gasteiger partial charge >= 0.3 is 0 Å². The zero-order valence-corrected chi connectivity index (χ0v) is 14.7. The summed E-state index contributed by atoms with van der Waals surface area (Å²) in [5, 5.41) is 17.0. The van der Waals surface area contributed by atoms with Crippen LogP contribution in [0.4, 0.5) is 11.5 Å². The summed E-state index contributed by atoms with van der Waals surface area (Å²) in [5.41, 5.74) is 0.448. The lowest BCUT2D eigenvalue weighted by atomic mass is 9.85. The molecule has 25 heavy (non-hydrogen) atoms. The summed E-state index contributed by atoms with van der Waals surface area (Å²) >= 11 is 5.91. The van der Waals surface area contributed by atoms with E-state index in [1.54, 1.807) is 36.4 Å². The smallest absolute Gasteiger partial charge is 0.257 e. The molecule has 0 unspecified atom stereocenters. The first-order chi connectivity index (χ1) is 12.0. The molecule has 0 bridgehead atoms. The first kappa shape index (κ1) is 17.7. The monoisotopic (exact) mass is 359 g/mol. The highest BCUT2D eigenvalue weighted by Gasteiger charge is 2.28. The Kier molecular flexibility index (Phi) is 5.56. The second kappa shape index (κ2) is 7.85. The first-order valence-electron chi connectivity index (χ1n) is 8.53. The fraction of sp³-hybridized carbons (Fsp3) is 0.368.